The quantitative estimate of drug-likeness (QED) is 0.485. The summed E-state index contributed by atoms with van der Waals surface area (Å²) in [4.78, 5) is 0. The largest absolute Gasteiger partial charge is 0.0848 e. The smallest absolute Gasteiger partial charge is 0.0137 e. The molecule has 0 N–H and O–H groups in total. The molecule has 0 heterocycles. The molecule has 0 aromatic heterocycles. The molecule has 0 aromatic rings. The third-order valence-electron chi connectivity index (χ3n) is 3.05. The van der Waals surface area contributed by atoms with Gasteiger partial charge in [0.25, 0.3) is 0 Å². The van der Waals surface area contributed by atoms with Crippen LogP contribution in [0.4, 0.5) is 0 Å². The first kappa shape index (κ1) is 12.3. The SMILES string of the molecule is CC1=CC=CC(C)(C)CC=C(C)CCC1. The van der Waals surface area contributed by atoms with E-state index in [9.17, 15) is 0 Å². The van der Waals surface area contributed by atoms with E-state index in [-0.39, 0.29) is 0 Å². The summed E-state index contributed by atoms with van der Waals surface area (Å²) < 4.78 is 0. The van der Waals surface area contributed by atoms with Crippen LogP contribution >= 0.6 is 0 Å². The molecular weight excluding hydrogens is 180 g/mol. The van der Waals surface area contributed by atoms with Crippen LogP contribution in [0.1, 0.15) is 53.4 Å². The van der Waals surface area contributed by atoms with E-state index in [0.717, 1.165) is 6.42 Å². The summed E-state index contributed by atoms with van der Waals surface area (Å²) in [5, 5.41) is 0. The van der Waals surface area contributed by atoms with Crippen LogP contribution in [0.3, 0.4) is 0 Å². The molecule has 0 saturated heterocycles. The number of hydrogen-bond donors (Lipinski definition) is 0. The lowest BCUT2D eigenvalue weighted by Crippen LogP contribution is -2.05. The minimum Gasteiger partial charge on any atom is -0.0848 e. The van der Waals surface area contributed by atoms with Gasteiger partial charge >= 0.3 is 0 Å². The van der Waals surface area contributed by atoms with E-state index in [1.165, 1.54) is 24.8 Å². The van der Waals surface area contributed by atoms with Crippen molar-refractivity contribution >= 4 is 0 Å². The maximum atomic E-state index is 2.41. The van der Waals surface area contributed by atoms with Crippen LogP contribution in [0, 0.1) is 5.41 Å². The molecule has 1 aliphatic rings. The molecule has 0 nitrogen and oxygen atoms in total. The van der Waals surface area contributed by atoms with Crippen LogP contribution in [0.2, 0.25) is 0 Å². The van der Waals surface area contributed by atoms with E-state index in [1.807, 2.05) is 0 Å². The van der Waals surface area contributed by atoms with Crippen LogP contribution in [-0.4, -0.2) is 0 Å². The number of allylic oxidation sites excluding steroid dienone is 6. The summed E-state index contributed by atoms with van der Waals surface area (Å²) in [5.74, 6) is 0. The molecule has 0 aliphatic heterocycles. The van der Waals surface area contributed by atoms with Crippen LogP contribution in [0.15, 0.2) is 35.5 Å². The third-order valence-corrected chi connectivity index (χ3v) is 3.05. The Morgan fingerprint density at radius 3 is 2.47 bits per heavy atom. The van der Waals surface area contributed by atoms with Crippen molar-refractivity contribution in [1.29, 1.82) is 0 Å². The Bertz CT molecular complexity index is 287. The Morgan fingerprint density at radius 2 is 1.73 bits per heavy atom. The van der Waals surface area contributed by atoms with Crippen molar-refractivity contribution in [1.82, 2.24) is 0 Å². The van der Waals surface area contributed by atoms with Gasteiger partial charge in [0.05, 0.1) is 0 Å². The molecule has 0 aromatic carbocycles. The molecule has 0 spiro atoms. The third kappa shape index (κ3) is 5.01. The van der Waals surface area contributed by atoms with E-state index in [0.29, 0.717) is 5.41 Å². The van der Waals surface area contributed by atoms with Gasteiger partial charge in [-0.05, 0) is 44.9 Å². The van der Waals surface area contributed by atoms with Gasteiger partial charge < -0.3 is 0 Å². The second kappa shape index (κ2) is 5.34. The second-order valence-corrected chi connectivity index (χ2v) is 5.47. The Kier molecular flexibility index (Phi) is 4.38. The number of hydrogen-bond acceptors (Lipinski definition) is 0. The summed E-state index contributed by atoms with van der Waals surface area (Å²) in [6, 6.07) is 0. The predicted molar refractivity (Wildman–Crippen MR) is 68.9 cm³/mol. The highest BCUT2D eigenvalue weighted by molar-refractivity contribution is 5.15. The van der Waals surface area contributed by atoms with Gasteiger partial charge in [-0.3, -0.25) is 0 Å². The maximum absolute atomic E-state index is 2.41. The number of rotatable bonds is 0. The monoisotopic (exact) mass is 204 g/mol. The van der Waals surface area contributed by atoms with Crippen LogP contribution in [-0.2, 0) is 0 Å². The van der Waals surface area contributed by atoms with Crippen LogP contribution in [0.5, 0.6) is 0 Å². The first-order chi connectivity index (χ1) is 6.99. The van der Waals surface area contributed by atoms with Gasteiger partial charge in [-0.15, -0.1) is 0 Å². The van der Waals surface area contributed by atoms with Crippen molar-refractivity contribution in [3.63, 3.8) is 0 Å². The molecule has 0 amide bonds. The van der Waals surface area contributed by atoms with Gasteiger partial charge in [-0.2, -0.15) is 0 Å². The van der Waals surface area contributed by atoms with Gasteiger partial charge in [0.1, 0.15) is 0 Å². The van der Waals surface area contributed by atoms with Crippen molar-refractivity contribution < 1.29 is 0 Å². The molecule has 84 valence electrons. The fourth-order valence-corrected chi connectivity index (χ4v) is 1.81. The standard InChI is InChI=1S/C15H24/c1-13-7-5-8-14(2)10-12-15(3,4)11-6-9-13/h6,9-11H,5,7-8,12H2,1-4H3. The van der Waals surface area contributed by atoms with Gasteiger partial charge in [0.15, 0.2) is 0 Å². The zero-order valence-corrected chi connectivity index (χ0v) is 10.6. The zero-order chi connectivity index (χ0) is 11.3. The molecular formula is C15H24. The average Bonchev–Trinajstić information content (AvgIpc) is 2.15. The Balaban J connectivity index is 2.80. The first-order valence-corrected chi connectivity index (χ1v) is 6.00. The van der Waals surface area contributed by atoms with E-state index < -0.39 is 0 Å². The highest BCUT2D eigenvalue weighted by atomic mass is 14.2. The van der Waals surface area contributed by atoms with Gasteiger partial charge in [-0.1, -0.05) is 49.3 Å². The lowest BCUT2D eigenvalue weighted by molar-refractivity contribution is 0.487. The molecule has 0 fully saturated rings. The summed E-state index contributed by atoms with van der Waals surface area (Å²) in [7, 11) is 0. The Hall–Kier alpha value is -0.780. The minimum absolute atomic E-state index is 0.294. The normalized spacial score (nSPS) is 22.7. The highest BCUT2D eigenvalue weighted by Gasteiger charge is 2.11. The fraction of sp³-hybridized carbons (Fsp3) is 0.600. The molecule has 0 atom stereocenters. The Labute approximate surface area is 94.8 Å². The summed E-state index contributed by atoms with van der Waals surface area (Å²) >= 11 is 0. The molecule has 1 rings (SSSR count). The summed E-state index contributed by atoms with van der Waals surface area (Å²) in [6.45, 7) is 9.09. The van der Waals surface area contributed by atoms with Crippen LogP contribution in [0.25, 0.3) is 0 Å². The van der Waals surface area contributed by atoms with Gasteiger partial charge in [-0.25, -0.2) is 0 Å². The van der Waals surface area contributed by atoms with Crippen molar-refractivity contribution in [2.24, 2.45) is 5.41 Å². The highest BCUT2D eigenvalue weighted by Crippen LogP contribution is 2.25. The van der Waals surface area contributed by atoms with E-state index in [2.05, 4.69) is 52.0 Å². The molecule has 0 bridgehead atoms. The van der Waals surface area contributed by atoms with Gasteiger partial charge in [0, 0.05) is 0 Å². The average molecular weight is 204 g/mol. The lowest BCUT2D eigenvalue weighted by Gasteiger charge is -2.17. The molecule has 15 heavy (non-hydrogen) atoms. The minimum atomic E-state index is 0.294. The van der Waals surface area contributed by atoms with E-state index in [1.54, 1.807) is 5.57 Å². The first-order valence-electron chi connectivity index (χ1n) is 6.00. The molecule has 1 aliphatic carbocycles. The Morgan fingerprint density at radius 1 is 1.07 bits per heavy atom. The van der Waals surface area contributed by atoms with Crippen molar-refractivity contribution in [2.45, 2.75) is 53.4 Å². The predicted octanol–water partition coefficient (Wildman–Crippen LogP) is 5.04. The topological polar surface area (TPSA) is 0 Å². The summed E-state index contributed by atoms with van der Waals surface area (Å²) in [6.07, 6.45) is 14.2. The fourth-order valence-electron chi connectivity index (χ4n) is 1.81. The molecule has 0 radical (unpaired) electrons. The lowest BCUT2D eigenvalue weighted by atomic mass is 9.88. The van der Waals surface area contributed by atoms with Crippen molar-refractivity contribution in [3.8, 4) is 0 Å². The second-order valence-electron chi connectivity index (χ2n) is 5.47. The van der Waals surface area contributed by atoms with E-state index >= 15 is 0 Å². The van der Waals surface area contributed by atoms with Crippen molar-refractivity contribution in [2.75, 3.05) is 0 Å². The zero-order valence-electron chi connectivity index (χ0n) is 10.6. The summed E-state index contributed by atoms with van der Waals surface area (Å²) in [5.41, 5.74) is 3.34. The van der Waals surface area contributed by atoms with Crippen LogP contribution < -0.4 is 0 Å². The molecule has 0 unspecified atom stereocenters. The maximum Gasteiger partial charge on any atom is -0.0137 e. The van der Waals surface area contributed by atoms with Crippen molar-refractivity contribution in [3.05, 3.63) is 35.5 Å². The van der Waals surface area contributed by atoms with E-state index in [4.69, 9.17) is 0 Å². The molecule has 0 saturated carbocycles. The molecule has 0 heteroatoms. The van der Waals surface area contributed by atoms with Gasteiger partial charge in [0.2, 0.25) is 0 Å².